The van der Waals surface area contributed by atoms with E-state index < -0.39 is 22.5 Å². The molecule has 0 radical (unpaired) electrons. The van der Waals surface area contributed by atoms with Crippen molar-refractivity contribution in [2.24, 2.45) is 11.3 Å². The lowest BCUT2D eigenvalue weighted by molar-refractivity contribution is -0.147. The Morgan fingerprint density at radius 3 is 2.57 bits per heavy atom. The molecule has 54 heavy (non-hydrogen) atoms. The predicted molar refractivity (Wildman–Crippen MR) is 207 cm³/mol. The summed E-state index contributed by atoms with van der Waals surface area (Å²) in [5, 5.41) is 35.3. The molecule has 4 atom stereocenters. The topological polar surface area (TPSA) is 152 Å². The summed E-state index contributed by atoms with van der Waals surface area (Å²) in [5.41, 5.74) is 4.82. The van der Waals surface area contributed by atoms with Gasteiger partial charge in [-0.1, -0.05) is 43.3 Å². The van der Waals surface area contributed by atoms with Crippen molar-refractivity contribution in [3.8, 4) is 6.07 Å². The molecular weight excluding hydrogens is 679 g/mol. The van der Waals surface area contributed by atoms with Crippen LogP contribution in [0.5, 0.6) is 0 Å². The first-order valence-electron chi connectivity index (χ1n) is 18.6. The number of aliphatic carboxylic acids is 1. The molecule has 3 aromatic heterocycles. The monoisotopic (exact) mass is 723 g/mol. The molecule has 2 unspecified atom stereocenters. The lowest BCUT2D eigenvalue weighted by atomic mass is 9.73. The van der Waals surface area contributed by atoms with Gasteiger partial charge < -0.3 is 19.9 Å². The van der Waals surface area contributed by atoms with Crippen LogP contribution in [0.15, 0.2) is 83.6 Å². The van der Waals surface area contributed by atoms with Gasteiger partial charge in [0.05, 0.1) is 16.6 Å². The van der Waals surface area contributed by atoms with E-state index in [4.69, 9.17) is 19.4 Å². The number of fused-ring (bicyclic) bond motifs is 2. The molecular formula is C43H45N7O4. The van der Waals surface area contributed by atoms with E-state index in [2.05, 4.69) is 65.4 Å². The molecule has 5 heterocycles. The highest BCUT2D eigenvalue weighted by atomic mass is 16.4. The summed E-state index contributed by atoms with van der Waals surface area (Å²) in [6, 6.07) is 18.5. The first-order chi connectivity index (χ1) is 25.9. The molecule has 2 saturated heterocycles. The van der Waals surface area contributed by atoms with Crippen molar-refractivity contribution in [3.63, 3.8) is 0 Å². The zero-order valence-corrected chi connectivity index (χ0v) is 31.1. The number of oxazole rings is 1. The molecule has 8 rings (SSSR count). The van der Waals surface area contributed by atoms with Crippen molar-refractivity contribution in [2.45, 2.75) is 64.8 Å². The number of aliphatic hydroxyl groups is 1. The second-order valence-corrected chi connectivity index (χ2v) is 16.0. The quantitative estimate of drug-likeness (QED) is 0.147. The molecule has 0 saturated carbocycles. The summed E-state index contributed by atoms with van der Waals surface area (Å²) >= 11 is 0. The molecule has 11 nitrogen and oxygen atoms in total. The van der Waals surface area contributed by atoms with Crippen LogP contribution in [0.2, 0.25) is 0 Å². The summed E-state index contributed by atoms with van der Waals surface area (Å²) in [6.07, 6.45) is 11.2. The average Bonchev–Trinajstić information content (AvgIpc) is 3.85. The van der Waals surface area contributed by atoms with E-state index in [0.29, 0.717) is 73.0 Å². The van der Waals surface area contributed by atoms with Gasteiger partial charge in [-0.2, -0.15) is 5.26 Å². The Hall–Kier alpha value is -5.41. The summed E-state index contributed by atoms with van der Waals surface area (Å²) in [7, 11) is 0. The third kappa shape index (κ3) is 6.44. The number of allylic oxidation sites excluding steroid dienone is 2. The second kappa shape index (κ2) is 13.5. The molecule has 0 amide bonds. The predicted octanol–water partition coefficient (Wildman–Crippen LogP) is 6.80. The third-order valence-corrected chi connectivity index (χ3v) is 11.7. The van der Waals surface area contributed by atoms with Gasteiger partial charge in [0.15, 0.2) is 11.4 Å². The maximum atomic E-state index is 11.9. The maximum Gasteiger partial charge on any atom is 0.310 e. The van der Waals surface area contributed by atoms with Crippen LogP contribution in [0, 0.1) is 29.6 Å². The normalized spacial score (nSPS) is 26.0. The number of carboxylic acid groups (broad SMARTS) is 1. The van der Waals surface area contributed by atoms with Crippen molar-refractivity contribution >= 4 is 39.4 Å². The minimum atomic E-state index is -1.03. The van der Waals surface area contributed by atoms with Crippen LogP contribution in [-0.2, 0) is 23.4 Å². The number of aromatic nitrogens is 3. The first-order valence-corrected chi connectivity index (χ1v) is 18.6. The van der Waals surface area contributed by atoms with Crippen molar-refractivity contribution in [2.75, 3.05) is 31.5 Å². The minimum Gasteiger partial charge on any atom is -0.481 e. The van der Waals surface area contributed by atoms with Crippen LogP contribution < -0.4 is 5.32 Å². The fourth-order valence-electron chi connectivity index (χ4n) is 8.50. The Balaban J connectivity index is 1.19. The molecule has 5 aromatic rings. The van der Waals surface area contributed by atoms with Gasteiger partial charge in [0.1, 0.15) is 22.6 Å². The Morgan fingerprint density at radius 2 is 1.83 bits per heavy atom. The van der Waals surface area contributed by atoms with Gasteiger partial charge in [0, 0.05) is 56.4 Å². The Kier molecular flexibility index (Phi) is 8.88. The SMILES string of the molecule is Cc1ccccc1C1=CC=CC(Nc2nccc3cc(CN4CC[C@](C)(O)C4)cnc23)(c2nc3cc(CN4CC[C@@](C)(C(=O)O)C4)cc(C#N)c3o2)C1C. The van der Waals surface area contributed by atoms with E-state index in [-0.39, 0.29) is 5.92 Å². The number of β-amino-alcohol motifs (C(OH)–C–C–N with tert-alkyl or cyclic N) is 1. The molecule has 3 N–H and O–H groups in total. The molecule has 2 aromatic carbocycles. The Bertz CT molecular complexity index is 2390. The lowest BCUT2D eigenvalue weighted by Crippen LogP contribution is -2.42. The number of nitrogens with one attached hydrogen (secondary N) is 1. The lowest BCUT2D eigenvalue weighted by Gasteiger charge is -2.39. The van der Waals surface area contributed by atoms with Crippen LogP contribution in [0.3, 0.4) is 0 Å². The highest BCUT2D eigenvalue weighted by Crippen LogP contribution is 2.46. The summed E-state index contributed by atoms with van der Waals surface area (Å²) in [4.78, 5) is 31.1. The maximum absolute atomic E-state index is 11.9. The zero-order valence-electron chi connectivity index (χ0n) is 31.1. The van der Waals surface area contributed by atoms with Crippen molar-refractivity contribution in [1.82, 2.24) is 24.8 Å². The van der Waals surface area contributed by atoms with Crippen LogP contribution in [-0.4, -0.2) is 72.7 Å². The standard InChI is InChI=1S/C43H45N7O4/c1-27-8-5-6-9-33(27)34-10-7-12-43(28(34)2,48-38-36-31(11-15-45-38)19-30(22-46-36)24-50-17-14-42(4,53)26-50)39-47-35-20-29(18-32(21-44)37(35)54-39)23-49-16-13-41(3,25-49)40(51)52/h5-12,15,18-20,22,28,53H,13-14,16-17,23-26H2,1-4H3,(H,45,48)(H,51,52)/t28?,41-,42+,43?/m1/s1. The van der Waals surface area contributed by atoms with E-state index in [9.17, 15) is 20.3 Å². The molecule has 0 spiro atoms. The Labute approximate surface area is 314 Å². The van der Waals surface area contributed by atoms with Crippen LogP contribution in [0.1, 0.15) is 67.3 Å². The number of anilines is 1. The van der Waals surface area contributed by atoms with Gasteiger partial charge in [0.2, 0.25) is 5.89 Å². The zero-order chi connectivity index (χ0) is 37.8. The number of hydrogen-bond donors (Lipinski definition) is 3. The largest absolute Gasteiger partial charge is 0.481 e. The molecule has 276 valence electrons. The summed E-state index contributed by atoms with van der Waals surface area (Å²) in [6.45, 7) is 11.7. The number of rotatable bonds is 9. The molecule has 2 aliphatic heterocycles. The second-order valence-electron chi connectivity index (χ2n) is 16.0. The third-order valence-electron chi connectivity index (χ3n) is 11.7. The molecule has 3 aliphatic rings. The number of carbonyl (C=O) groups is 1. The fourth-order valence-corrected chi connectivity index (χ4v) is 8.50. The van der Waals surface area contributed by atoms with Crippen molar-refractivity contribution < 1.29 is 19.4 Å². The van der Waals surface area contributed by atoms with Gasteiger partial charge >= 0.3 is 5.97 Å². The van der Waals surface area contributed by atoms with Crippen molar-refractivity contribution in [1.29, 1.82) is 5.26 Å². The summed E-state index contributed by atoms with van der Waals surface area (Å²) < 4.78 is 6.66. The fraction of sp³-hybridized carbons (Fsp3) is 0.372. The molecule has 1 aliphatic carbocycles. The van der Waals surface area contributed by atoms with E-state index in [1.807, 2.05) is 49.5 Å². The Morgan fingerprint density at radius 1 is 1.06 bits per heavy atom. The van der Waals surface area contributed by atoms with Gasteiger partial charge in [0.25, 0.3) is 0 Å². The van der Waals surface area contributed by atoms with Crippen LogP contribution in [0.4, 0.5) is 5.82 Å². The minimum absolute atomic E-state index is 0.209. The number of aryl methyl sites for hydroxylation is 1. The van der Waals surface area contributed by atoms with Gasteiger partial charge in [-0.3, -0.25) is 19.6 Å². The average molecular weight is 724 g/mol. The van der Waals surface area contributed by atoms with Gasteiger partial charge in [-0.05, 0) is 98.3 Å². The number of benzene rings is 2. The first kappa shape index (κ1) is 35.6. The van der Waals surface area contributed by atoms with E-state index >= 15 is 0 Å². The highest BCUT2D eigenvalue weighted by molar-refractivity contribution is 5.89. The van der Waals surface area contributed by atoms with Crippen LogP contribution in [0.25, 0.3) is 27.6 Å². The number of nitriles is 1. The van der Waals surface area contributed by atoms with E-state index in [1.54, 1.807) is 13.1 Å². The molecule has 0 bridgehead atoms. The smallest absolute Gasteiger partial charge is 0.310 e. The summed E-state index contributed by atoms with van der Waals surface area (Å²) in [5.74, 6) is -0.0337. The number of pyridine rings is 2. The number of likely N-dealkylation sites (tertiary alicyclic amines) is 2. The van der Waals surface area contributed by atoms with E-state index in [1.165, 1.54) is 0 Å². The highest BCUT2D eigenvalue weighted by Gasteiger charge is 2.45. The number of hydrogen-bond acceptors (Lipinski definition) is 10. The van der Waals surface area contributed by atoms with Crippen molar-refractivity contribution in [3.05, 3.63) is 113 Å². The van der Waals surface area contributed by atoms with E-state index in [0.717, 1.165) is 46.2 Å². The number of carboxylic acids is 1. The van der Waals surface area contributed by atoms with Gasteiger partial charge in [-0.15, -0.1) is 0 Å². The molecule has 11 heteroatoms. The van der Waals surface area contributed by atoms with Crippen LogP contribution >= 0.6 is 0 Å². The van der Waals surface area contributed by atoms with Gasteiger partial charge in [-0.25, -0.2) is 9.97 Å². The molecule has 2 fully saturated rings. The number of nitrogens with zero attached hydrogens (tertiary/aromatic N) is 6.